The van der Waals surface area contributed by atoms with E-state index in [9.17, 15) is 8.42 Å². The Balaban J connectivity index is 2.13. The average molecular weight is 344 g/mol. The molecule has 0 aliphatic carbocycles. The standard InChI is InChI=1S/C17H28O5S/c1-2-3-4-5-6-13-21-16-9-11-17(12-10-16)22-14-7-8-15-23(18,19)20/h9-12H,2-8,13-15H2,1H3,(H,18,19,20). The number of ether oxygens (including phenoxy) is 2. The minimum absolute atomic E-state index is 0.221. The van der Waals surface area contributed by atoms with Gasteiger partial charge in [-0.1, -0.05) is 32.6 Å². The number of hydrogen-bond donors (Lipinski definition) is 1. The molecule has 0 spiro atoms. The molecule has 1 aromatic carbocycles. The first-order chi connectivity index (χ1) is 11.0. The van der Waals surface area contributed by atoms with Crippen LogP contribution in [0.1, 0.15) is 51.9 Å². The fourth-order valence-corrected chi connectivity index (χ4v) is 2.67. The Morgan fingerprint density at radius 1 is 0.826 bits per heavy atom. The zero-order valence-corrected chi connectivity index (χ0v) is 14.7. The Hall–Kier alpha value is -1.27. The fourth-order valence-electron chi connectivity index (χ4n) is 2.10. The molecule has 0 aromatic heterocycles. The topological polar surface area (TPSA) is 72.8 Å². The summed E-state index contributed by atoms with van der Waals surface area (Å²) in [6.45, 7) is 3.36. The predicted octanol–water partition coefficient (Wildman–Crippen LogP) is 4.08. The van der Waals surface area contributed by atoms with Gasteiger partial charge < -0.3 is 9.47 Å². The molecule has 1 rings (SSSR count). The summed E-state index contributed by atoms with van der Waals surface area (Å²) >= 11 is 0. The van der Waals surface area contributed by atoms with Gasteiger partial charge in [0.25, 0.3) is 10.1 Å². The highest BCUT2D eigenvalue weighted by molar-refractivity contribution is 7.85. The highest BCUT2D eigenvalue weighted by atomic mass is 32.2. The largest absolute Gasteiger partial charge is 0.494 e. The van der Waals surface area contributed by atoms with E-state index in [2.05, 4.69) is 6.92 Å². The monoisotopic (exact) mass is 344 g/mol. The quantitative estimate of drug-likeness (QED) is 0.431. The normalized spacial score (nSPS) is 11.4. The van der Waals surface area contributed by atoms with Crippen molar-refractivity contribution >= 4 is 10.1 Å². The first-order valence-corrected chi connectivity index (χ1v) is 9.93. The number of benzene rings is 1. The van der Waals surface area contributed by atoms with E-state index in [1.54, 1.807) is 0 Å². The number of hydrogen-bond acceptors (Lipinski definition) is 4. The molecule has 23 heavy (non-hydrogen) atoms. The molecule has 0 unspecified atom stereocenters. The SMILES string of the molecule is CCCCCCCOc1ccc(OCCCCS(=O)(=O)O)cc1. The predicted molar refractivity (Wildman–Crippen MR) is 91.8 cm³/mol. The van der Waals surface area contributed by atoms with Crippen LogP contribution in [-0.2, 0) is 10.1 Å². The van der Waals surface area contributed by atoms with Crippen molar-refractivity contribution in [1.29, 1.82) is 0 Å². The van der Waals surface area contributed by atoms with Crippen LogP contribution in [0.25, 0.3) is 0 Å². The summed E-state index contributed by atoms with van der Waals surface area (Å²) in [7, 11) is -3.86. The Labute approximate surface area is 139 Å². The van der Waals surface area contributed by atoms with Crippen LogP contribution in [0.5, 0.6) is 11.5 Å². The smallest absolute Gasteiger partial charge is 0.264 e. The lowest BCUT2D eigenvalue weighted by molar-refractivity contribution is 0.298. The van der Waals surface area contributed by atoms with Gasteiger partial charge in [-0.3, -0.25) is 4.55 Å². The molecule has 6 heteroatoms. The van der Waals surface area contributed by atoms with Crippen molar-refractivity contribution in [2.24, 2.45) is 0 Å². The summed E-state index contributed by atoms with van der Waals surface area (Å²) in [5.74, 6) is 1.34. The van der Waals surface area contributed by atoms with Crippen LogP contribution >= 0.6 is 0 Å². The summed E-state index contributed by atoms with van der Waals surface area (Å²) < 4.78 is 40.9. The van der Waals surface area contributed by atoms with Crippen LogP contribution < -0.4 is 9.47 Å². The van der Waals surface area contributed by atoms with Gasteiger partial charge in [0.05, 0.1) is 19.0 Å². The van der Waals surface area contributed by atoms with Crippen molar-refractivity contribution in [2.75, 3.05) is 19.0 Å². The lowest BCUT2D eigenvalue weighted by Gasteiger charge is -2.08. The van der Waals surface area contributed by atoms with Gasteiger partial charge in [0, 0.05) is 0 Å². The highest BCUT2D eigenvalue weighted by Crippen LogP contribution is 2.18. The van der Waals surface area contributed by atoms with Gasteiger partial charge in [0.1, 0.15) is 11.5 Å². The summed E-state index contributed by atoms with van der Waals surface area (Å²) in [4.78, 5) is 0. The molecular weight excluding hydrogens is 316 g/mol. The van der Waals surface area contributed by atoms with E-state index in [-0.39, 0.29) is 5.75 Å². The second-order valence-electron chi connectivity index (χ2n) is 5.58. The molecule has 132 valence electrons. The van der Waals surface area contributed by atoms with Gasteiger partial charge in [-0.05, 0) is 43.5 Å². The molecule has 5 nitrogen and oxygen atoms in total. The van der Waals surface area contributed by atoms with Gasteiger partial charge in [-0.2, -0.15) is 8.42 Å². The van der Waals surface area contributed by atoms with Crippen LogP contribution in [0.4, 0.5) is 0 Å². The molecule has 0 aliphatic heterocycles. The van der Waals surface area contributed by atoms with Crippen LogP contribution in [-0.4, -0.2) is 31.9 Å². The van der Waals surface area contributed by atoms with Gasteiger partial charge in [-0.15, -0.1) is 0 Å². The second-order valence-corrected chi connectivity index (χ2v) is 7.15. The maximum absolute atomic E-state index is 10.6. The summed E-state index contributed by atoms with van der Waals surface area (Å²) in [5, 5.41) is 0. The Bertz CT molecular complexity index is 510. The van der Waals surface area contributed by atoms with Gasteiger partial charge in [0.15, 0.2) is 0 Å². The molecule has 0 aliphatic rings. The van der Waals surface area contributed by atoms with Crippen molar-refractivity contribution in [3.63, 3.8) is 0 Å². The van der Waals surface area contributed by atoms with Crippen molar-refractivity contribution in [1.82, 2.24) is 0 Å². The van der Waals surface area contributed by atoms with Crippen molar-refractivity contribution in [3.05, 3.63) is 24.3 Å². The lowest BCUT2D eigenvalue weighted by atomic mass is 10.2. The third-order valence-electron chi connectivity index (χ3n) is 3.41. The van der Waals surface area contributed by atoms with E-state index < -0.39 is 10.1 Å². The zero-order chi connectivity index (χ0) is 17.0. The molecular formula is C17H28O5S. The second kappa shape index (κ2) is 11.3. The number of unbranched alkanes of at least 4 members (excludes halogenated alkanes) is 5. The lowest BCUT2D eigenvalue weighted by Crippen LogP contribution is -2.06. The van der Waals surface area contributed by atoms with Crippen molar-refractivity contribution in [2.45, 2.75) is 51.9 Å². The zero-order valence-electron chi connectivity index (χ0n) is 13.9. The molecule has 0 atom stereocenters. The van der Waals surface area contributed by atoms with Crippen LogP contribution in [0.3, 0.4) is 0 Å². The van der Waals surface area contributed by atoms with Crippen LogP contribution in [0, 0.1) is 0 Å². The van der Waals surface area contributed by atoms with Gasteiger partial charge in [-0.25, -0.2) is 0 Å². The Morgan fingerprint density at radius 2 is 1.30 bits per heavy atom. The third kappa shape index (κ3) is 11.0. The van der Waals surface area contributed by atoms with Crippen LogP contribution in [0.2, 0.25) is 0 Å². The molecule has 1 N–H and O–H groups in total. The fraction of sp³-hybridized carbons (Fsp3) is 0.647. The minimum Gasteiger partial charge on any atom is -0.494 e. The van der Waals surface area contributed by atoms with Crippen molar-refractivity contribution in [3.8, 4) is 11.5 Å². The first-order valence-electron chi connectivity index (χ1n) is 8.32. The molecule has 0 bridgehead atoms. The van der Waals surface area contributed by atoms with E-state index in [1.807, 2.05) is 24.3 Å². The molecule has 0 saturated carbocycles. The van der Waals surface area contributed by atoms with Crippen LogP contribution in [0.15, 0.2) is 24.3 Å². The molecule has 0 heterocycles. The van der Waals surface area contributed by atoms with E-state index in [0.717, 1.165) is 24.5 Å². The molecule has 0 saturated heterocycles. The van der Waals surface area contributed by atoms with E-state index in [1.165, 1.54) is 25.7 Å². The highest BCUT2D eigenvalue weighted by Gasteiger charge is 2.03. The first kappa shape index (κ1) is 19.8. The maximum atomic E-state index is 10.6. The molecule has 0 radical (unpaired) electrons. The van der Waals surface area contributed by atoms with E-state index in [4.69, 9.17) is 14.0 Å². The summed E-state index contributed by atoms with van der Waals surface area (Å²) in [5.41, 5.74) is 0. The maximum Gasteiger partial charge on any atom is 0.264 e. The molecule has 0 amide bonds. The minimum atomic E-state index is -3.86. The molecule has 1 aromatic rings. The third-order valence-corrected chi connectivity index (χ3v) is 4.21. The van der Waals surface area contributed by atoms with E-state index >= 15 is 0 Å². The summed E-state index contributed by atoms with van der Waals surface area (Å²) in [6.07, 6.45) is 7.05. The van der Waals surface area contributed by atoms with E-state index in [0.29, 0.717) is 19.4 Å². The van der Waals surface area contributed by atoms with Gasteiger partial charge >= 0.3 is 0 Å². The average Bonchev–Trinajstić information content (AvgIpc) is 2.51. The molecule has 0 fully saturated rings. The number of rotatable bonds is 13. The van der Waals surface area contributed by atoms with Crippen molar-refractivity contribution < 1.29 is 22.4 Å². The summed E-state index contributed by atoms with van der Waals surface area (Å²) in [6, 6.07) is 7.43. The Kier molecular flexibility index (Phi) is 9.71. The van der Waals surface area contributed by atoms with Gasteiger partial charge in [0.2, 0.25) is 0 Å². The Morgan fingerprint density at radius 3 is 1.78 bits per heavy atom.